The summed E-state index contributed by atoms with van der Waals surface area (Å²) in [4.78, 5) is 11.6. The Balaban J connectivity index is 2.18. The van der Waals surface area contributed by atoms with E-state index >= 15 is 0 Å². The third kappa shape index (κ3) is 3.37. The van der Waals surface area contributed by atoms with Gasteiger partial charge in [-0.1, -0.05) is 30.5 Å². The summed E-state index contributed by atoms with van der Waals surface area (Å²) >= 11 is 0. The van der Waals surface area contributed by atoms with Crippen LogP contribution in [-0.2, 0) is 14.8 Å². The van der Waals surface area contributed by atoms with Gasteiger partial charge in [0.15, 0.2) is 0 Å². The second-order valence-corrected chi connectivity index (χ2v) is 7.05. The molecule has 0 bridgehead atoms. The summed E-state index contributed by atoms with van der Waals surface area (Å²) < 4.78 is 27.3. The number of aryl methyl sites for hydroxylation is 1. The predicted molar refractivity (Wildman–Crippen MR) is 76.4 cm³/mol. The molecule has 0 aromatic heterocycles. The van der Waals surface area contributed by atoms with Crippen molar-refractivity contribution in [1.82, 2.24) is 4.72 Å². The van der Waals surface area contributed by atoms with Crippen molar-refractivity contribution < 1.29 is 13.2 Å². The Labute approximate surface area is 119 Å². The summed E-state index contributed by atoms with van der Waals surface area (Å²) in [6.07, 6.45) is 3.12. The molecule has 1 aromatic rings. The summed E-state index contributed by atoms with van der Waals surface area (Å²) in [5.74, 6) is -0.842. The van der Waals surface area contributed by atoms with E-state index in [0.29, 0.717) is 12.8 Å². The molecule has 0 heterocycles. The first kappa shape index (κ1) is 15.0. The second-order valence-electron chi connectivity index (χ2n) is 5.33. The summed E-state index contributed by atoms with van der Waals surface area (Å²) in [7, 11) is -3.60. The first-order valence-electron chi connectivity index (χ1n) is 6.78. The molecule has 3 N–H and O–H groups in total. The van der Waals surface area contributed by atoms with Gasteiger partial charge in [-0.15, -0.1) is 0 Å². The van der Waals surface area contributed by atoms with E-state index < -0.39 is 27.9 Å². The minimum atomic E-state index is -3.60. The van der Waals surface area contributed by atoms with Gasteiger partial charge in [-0.3, -0.25) is 4.79 Å². The topological polar surface area (TPSA) is 89.3 Å². The Morgan fingerprint density at radius 2 is 1.80 bits per heavy atom. The molecule has 2 rings (SSSR count). The Hall–Kier alpha value is -1.40. The molecule has 1 saturated carbocycles. The number of hydrogen-bond acceptors (Lipinski definition) is 3. The van der Waals surface area contributed by atoms with Crippen LogP contribution in [-0.4, -0.2) is 20.4 Å². The number of nitrogens with two attached hydrogens (primary N) is 1. The fourth-order valence-electron chi connectivity index (χ4n) is 2.60. The molecule has 110 valence electrons. The lowest BCUT2D eigenvalue weighted by molar-refractivity contribution is -0.123. The van der Waals surface area contributed by atoms with E-state index in [1.54, 1.807) is 24.3 Å². The van der Waals surface area contributed by atoms with Gasteiger partial charge < -0.3 is 5.73 Å². The van der Waals surface area contributed by atoms with E-state index in [1.165, 1.54) is 0 Å². The first-order chi connectivity index (χ1) is 9.40. The third-order valence-electron chi connectivity index (χ3n) is 3.77. The van der Waals surface area contributed by atoms with E-state index in [-0.39, 0.29) is 4.90 Å². The van der Waals surface area contributed by atoms with Gasteiger partial charge in [0.1, 0.15) is 0 Å². The van der Waals surface area contributed by atoms with Crippen molar-refractivity contribution in [3.63, 3.8) is 0 Å². The highest BCUT2D eigenvalue weighted by Crippen LogP contribution is 2.25. The summed E-state index contributed by atoms with van der Waals surface area (Å²) in [6.45, 7) is 1.90. The van der Waals surface area contributed by atoms with E-state index in [4.69, 9.17) is 5.73 Å². The van der Waals surface area contributed by atoms with Gasteiger partial charge in [0.05, 0.1) is 10.8 Å². The van der Waals surface area contributed by atoms with Crippen LogP contribution >= 0.6 is 0 Å². The maximum atomic E-state index is 12.3. The van der Waals surface area contributed by atoms with Crippen LogP contribution in [0, 0.1) is 12.8 Å². The van der Waals surface area contributed by atoms with Gasteiger partial charge >= 0.3 is 0 Å². The highest BCUT2D eigenvalue weighted by molar-refractivity contribution is 7.89. The van der Waals surface area contributed by atoms with Crippen LogP contribution in [0.15, 0.2) is 29.2 Å². The number of benzene rings is 1. The average molecular weight is 296 g/mol. The van der Waals surface area contributed by atoms with E-state index in [2.05, 4.69) is 4.72 Å². The third-order valence-corrected chi connectivity index (χ3v) is 5.28. The lowest BCUT2D eigenvalue weighted by atomic mass is 9.85. The Morgan fingerprint density at radius 3 is 2.40 bits per heavy atom. The highest BCUT2D eigenvalue weighted by Gasteiger charge is 2.32. The van der Waals surface area contributed by atoms with Crippen molar-refractivity contribution in [3.8, 4) is 0 Å². The molecule has 20 heavy (non-hydrogen) atoms. The molecule has 5 nitrogen and oxygen atoms in total. The van der Waals surface area contributed by atoms with Crippen molar-refractivity contribution in [2.24, 2.45) is 11.7 Å². The number of nitrogens with one attached hydrogen (secondary N) is 1. The normalized spacial score (nSPS) is 23.4. The number of hydrogen-bond donors (Lipinski definition) is 2. The Kier molecular flexibility index (Phi) is 4.45. The summed E-state index contributed by atoms with van der Waals surface area (Å²) in [5, 5.41) is 0. The number of rotatable bonds is 4. The molecule has 0 aliphatic heterocycles. The smallest absolute Gasteiger partial charge is 0.240 e. The fraction of sp³-hybridized carbons (Fsp3) is 0.500. The van der Waals surface area contributed by atoms with Gasteiger partial charge in [0, 0.05) is 6.04 Å². The molecule has 6 heteroatoms. The molecule has 1 amide bonds. The fourth-order valence-corrected chi connectivity index (χ4v) is 3.91. The molecular weight excluding hydrogens is 276 g/mol. The van der Waals surface area contributed by atoms with E-state index in [9.17, 15) is 13.2 Å². The standard InChI is InChI=1S/C14H20N2O3S/c1-10-6-8-11(9-7-10)20(18,19)16-13-5-3-2-4-12(13)14(15)17/h6-9,12-13,16H,2-5H2,1H3,(H2,15,17)/t12-,13-/m1/s1. The molecule has 1 fully saturated rings. The molecule has 0 saturated heterocycles. The van der Waals surface area contributed by atoms with Gasteiger partial charge in [-0.25, -0.2) is 13.1 Å². The Morgan fingerprint density at radius 1 is 1.20 bits per heavy atom. The minimum Gasteiger partial charge on any atom is -0.369 e. The quantitative estimate of drug-likeness (QED) is 0.878. The van der Waals surface area contributed by atoms with E-state index in [0.717, 1.165) is 18.4 Å². The number of carbonyl (C=O) groups is 1. The molecule has 2 atom stereocenters. The van der Waals surface area contributed by atoms with Gasteiger partial charge in [-0.05, 0) is 31.9 Å². The first-order valence-corrected chi connectivity index (χ1v) is 8.27. The lowest BCUT2D eigenvalue weighted by Crippen LogP contribution is -2.46. The van der Waals surface area contributed by atoms with Gasteiger partial charge in [0.25, 0.3) is 0 Å². The molecule has 0 radical (unpaired) electrons. The monoisotopic (exact) mass is 296 g/mol. The molecule has 1 aliphatic carbocycles. The van der Waals surface area contributed by atoms with Crippen molar-refractivity contribution in [1.29, 1.82) is 0 Å². The van der Waals surface area contributed by atoms with Crippen LogP contribution in [0.3, 0.4) is 0 Å². The largest absolute Gasteiger partial charge is 0.369 e. The molecular formula is C14H20N2O3S. The molecule has 1 aromatic carbocycles. The number of carbonyl (C=O) groups excluding carboxylic acids is 1. The van der Waals surface area contributed by atoms with Crippen molar-refractivity contribution in [3.05, 3.63) is 29.8 Å². The van der Waals surface area contributed by atoms with Crippen LogP contribution < -0.4 is 10.5 Å². The predicted octanol–water partition coefficient (Wildman–Crippen LogP) is 1.32. The summed E-state index contributed by atoms with van der Waals surface area (Å²) in [5.41, 5.74) is 6.36. The molecule has 0 unspecified atom stereocenters. The summed E-state index contributed by atoms with van der Waals surface area (Å²) in [6, 6.07) is 6.24. The number of primary amides is 1. The SMILES string of the molecule is Cc1ccc(S(=O)(=O)N[C@@H]2CCCC[C@H]2C(N)=O)cc1. The van der Waals surface area contributed by atoms with E-state index in [1.807, 2.05) is 6.92 Å². The minimum absolute atomic E-state index is 0.219. The average Bonchev–Trinajstić information content (AvgIpc) is 2.39. The van der Waals surface area contributed by atoms with Crippen LogP contribution in [0.25, 0.3) is 0 Å². The van der Waals surface area contributed by atoms with Crippen LogP contribution in [0.2, 0.25) is 0 Å². The zero-order valence-electron chi connectivity index (χ0n) is 11.5. The van der Waals surface area contributed by atoms with Gasteiger partial charge in [0.2, 0.25) is 15.9 Å². The second kappa shape index (κ2) is 5.93. The molecule has 0 spiro atoms. The van der Waals surface area contributed by atoms with Crippen LogP contribution in [0.1, 0.15) is 31.2 Å². The van der Waals surface area contributed by atoms with Crippen molar-refractivity contribution in [2.75, 3.05) is 0 Å². The van der Waals surface area contributed by atoms with Crippen molar-refractivity contribution in [2.45, 2.75) is 43.5 Å². The zero-order chi connectivity index (χ0) is 14.8. The molecule has 1 aliphatic rings. The maximum Gasteiger partial charge on any atom is 0.240 e. The van der Waals surface area contributed by atoms with Crippen LogP contribution in [0.4, 0.5) is 0 Å². The zero-order valence-corrected chi connectivity index (χ0v) is 12.3. The van der Waals surface area contributed by atoms with Gasteiger partial charge in [-0.2, -0.15) is 0 Å². The highest BCUT2D eigenvalue weighted by atomic mass is 32.2. The maximum absolute atomic E-state index is 12.3. The Bertz CT molecular complexity index is 581. The number of sulfonamides is 1. The van der Waals surface area contributed by atoms with Crippen LogP contribution in [0.5, 0.6) is 0 Å². The van der Waals surface area contributed by atoms with Crippen molar-refractivity contribution >= 4 is 15.9 Å². The lowest BCUT2D eigenvalue weighted by Gasteiger charge is -2.29. The number of amides is 1.